The van der Waals surface area contributed by atoms with E-state index in [1.165, 1.54) is 5.56 Å². The molecule has 4 heteroatoms. The lowest BCUT2D eigenvalue weighted by Gasteiger charge is -2.13. The quantitative estimate of drug-likeness (QED) is 0.683. The zero-order chi connectivity index (χ0) is 14.8. The molecular formula is C16H25NO3. The molecule has 20 heavy (non-hydrogen) atoms. The van der Waals surface area contributed by atoms with Gasteiger partial charge in [-0.15, -0.1) is 0 Å². The largest absolute Gasteiger partial charge is 0.493 e. The van der Waals surface area contributed by atoms with Crippen molar-refractivity contribution in [1.29, 1.82) is 0 Å². The molecule has 1 amide bonds. The molecule has 0 radical (unpaired) electrons. The Hall–Kier alpha value is -1.55. The van der Waals surface area contributed by atoms with Gasteiger partial charge in [0.15, 0.2) is 0 Å². The molecule has 1 aromatic rings. The predicted molar refractivity (Wildman–Crippen MR) is 80.0 cm³/mol. The zero-order valence-electron chi connectivity index (χ0n) is 12.4. The van der Waals surface area contributed by atoms with Crippen LogP contribution in [-0.2, 0) is 4.79 Å². The van der Waals surface area contributed by atoms with Crippen LogP contribution in [0.4, 0.5) is 0 Å². The minimum atomic E-state index is 0.0131. The molecule has 0 spiro atoms. The van der Waals surface area contributed by atoms with Gasteiger partial charge in [-0.2, -0.15) is 0 Å². The smallest absolute Gasteiger partial charge is 0.220 e. The van der Waals surface area contributed by atoms with Crippen molar-refractivity contribution in [2.75, 3.05) is 19.8 Å². The van der Waals surface area contributed by atoms with Crippen molar-refractivity contribution < 1.29 is 14.6 Å². The van der Waals surface area contributed by atoms with E-state index in [9.17, 15) is 4.79 Å². The van der Waals surface area contributed by atoms with E-state index < -0.39 is 0 Å². The van der Waals surface area contributed by atoms with Crippen molar-refractivity contribution in [3.63, 3.8) is 0 Å². The number of ether oxygens (including phenoxy) is 1. The number of para-hydroxylation sites is 1. The van der Waals surface area contributed by atoms with Crippen molar-refractivity contribution in [3.8, 4) is 5.75 Å². The van der Waals surface area contributed by atoms with Crippen molar-refractivity contribution >= 4 is 5.91 Å². The fourth-order valence-corrected chi connectivity index (χ4v) is 1.90. The number of carbonyl (C=O) groups is 1. The third kappa shape index (κ3) is 6.06. The number of nitrogens with one attached hydrogen (secondary N) is 1. The first-order valence-electron chi connectivity index (χ1n) is 7.24. The molecule has 0 heterocycles. The standard InChI is InChI=1S/C16H25NO3/c1-13(2)14-7-3-4-8-15(14)20-12-5-9-16(19)17-10-6-11-18/h3-4,7-8,13,18H,5-6,9-12H2,1-2H3,(H,17,19). The third-order valence-electron chi connectivity index (χ3n) is 3.00. The molecule has 0 aliphatic carbocycles. The van der Waals surface area contributed by atoms with Crippen LogP contribution >= 0.6 is 0 Å². The molecule has 0 aliphatic heterocycles. The van der Waals surface area contributed by atoms with Crippen molar-refractivity contribution in [1.82, 2.24) is 5.32 Å². The van der Waals surface area contributed by atoms with Gasteiger partial charge in [0.1, 0.15) is 5.75 Å². The lowest BCUT2D eigenvalue weighted by atomic mass is 10.0. The number of hydrogen-bond donors (Lipinski definition) is 2. The van der Waals surface area contributed by atoms with Crippen molar-refractivity contribution in [2.45, 2.75) is 39.0 Å². The van der Waals surface area contributed by atoms with Crippen LogP contribution in [0.25, 0.3) is 0 Å². The van der Waals surface area contributed by atoms with Gasteiger partial charge in [-0.05, 0) is 30.4 Å². The van der Waals surface area contributed by atoms with E-state index in [4.69, 9.17) is 9.84 Å². The first-order valence-corrected chi connectivity index (χ1v) is 7.24. The van der Waals surface area contributed by atoms with E-state index in [1.54, 1.807) is 0 Å². The highest BCUT2D eigenvalue weighted by Crippen LogP contribution is 2.25. The summed E-state index contributed by atoms with van der Waals surface area (Å²) in [5.41, 5.74) is 1.19. The molecule has 0 unspecified atom stereocenters. The molecule has 4 nitrogen and oxygen atoms in total. The summed E-state index contributed by atoms with van der Waals surface area (Å²) in [5.74, 6) is 1.34. The van der Waals surface area contributed by atoms with Crippen LogP contribution in [0.2, 0.25) is 0 Å². The van der Waals surface area contributed by atoms with Crippen LogP contribution in [-0.4, -0.2) is 30.8 Å². The second-order valence-electron chi connectivity index (χ2n) is 5.07. The average Bonchev–Trinajstić information content (AvgIpc) is 2.44. The highest BCUT2D eigenvalue weighted by molar-refractivity contribution is 5.75. The van der Waals surface area contributed by atoms with Crippen LogP contribution in [0.5, 0.6) is 5.75 Å². The molecule has 1 aromatic carbocycles. The minimum absolute atomic E-state index is 0.0131. The van der Waals surface area contributed by atoms with Crippen LogP contribution < -0.4 is 10.1 Å². The fourth-order valence-electron chi connectivity index (χ4n) is 1.90. The normalized spacial score (nSPS) is 10.6. The summed E-state index contributed by atoms with van der Waals surface area (Å²) in [7, 11) is 0. The second kappa shape index (κ2) is 9.37. The average molecular weight is 279 g/mol. The molecule has 0 aromatic heterocycles. The van der Waals surface area contributed by atoms with Gasteiger partial charge >= 0.3 is 0 Å². The number of benzene rings is 1. The lowest BCUT2D eigenvalue weighted by molar-refractivity contribution is -0.121. The van der Waals surface area contributed by atoms with Crippen LogP contribution in [0, 0.1) is 0 Å². The van der Waals surface area contributed by atoms with E-state index in [1.807, 2.05) is 18.2 Å². The van der Waals surface area contributed by atoms with Gasteiger partial charge in [0.05, 0.1) is 6.61 Å². The van der Waals surface area contributed by atoms with E-state index in [0.29, 0.717) is 38.3 Å². The molecule has 0 fully saturated rings. The molecule has 0 saturated heterocycles. The number of aliphatic hydroxyl groups is 1. The topological polar surface area (TPSA) is 58.6 Å². The van der Waals surface area contributed by atoms with Gasteiger partial charge < -0.3 is 15.2 Å². The predicted octanol–water partition coefficient (Wildman–Crippen LogP) is 2.47. The maximum absolute atomic E-state index is 11.5. The fraction of sp³-hybridized carbons (Fsp3) is 0.562. The Balaban J connectivity index is 2.26. The van der Waals surface area contributed by atoms with Crippen molar-refractivity contribution in [2.24, 2.45) is 0 Å². The summed E-state index contributed by atoms with van der Waals surface area (Å²) in [4.78, 5) is 11.5. The maximum Gasteiger partial charge on any atom is 0.220 e. The summed E-state index contributed by atoms with van der Waals surface area (Å²) in [5, 5.41) is 11.4. The number of amides is 1. The second-order valence-corrected chi connectivity index (χ2v) is 5.07. The van der Waals surface area contributed by atoms with Crippen LogP contribution in [0.15, 0.2) is 24.3 Å². The molecule has 2 N–H and O–H groups in total. The van der Waals surface area contributed by atoms with E-state index in [2.05, 4.69) is 25.2 Å². The molecule has 112 valence electrons. The van der Waals surface area contributed by atoms with E-state index in [-0.39, 0.29) is 12.5 Å². The molecular weight excluding hydrogens is 254 g/mol. The van der Waals surface area contributed by atoms with Gasteiger partial charge in [0.2, 0.25) is 5.91 Å². The van der Waals surface area contributed by atoms with Crippen molar-refractivity contribution in [3.05, 3.63) is 29.8 Å². The molecule has 0 saturated carbocycles. The van der Waals surface area contributed by atoms with Crippen LogP contribution in [0.1, 0.15) is 44.6 Å². The zero-order valence-corrected chi connectivity index (χ0v) is 12.4. The molecule has 0 bridgehead atoms. The summed E-state index contributed by atoms with van der Waals surface area (Å²) < 4.78 is 5.75. The lowest BCUT2D eigenvalue weighted by Crippen LogP contribution is -2.25. The summed E-state index contributed by atoms with van der Waals surface area (Å²) >= 11 is 0. The van der Waals surface area contributed by atoms with Crippen LogP contribution in [0.3, 0.4) is 0 Å². The molecule has 0 atom stereocenters. The number of carbonyl (C=O) groups excluding carboxylic acids is 1. The summed E-state index contributed by atoms with van der Waals surface area (Å²) in [6.45, 7) is 5.45. The van der Waals surface area contributed by atoms with E-state index >= 15 is 0 Å². The minimum Gasteiger partial charge on any atom is -0.493 e. The van der Waals surface area contributed by atoms with Gasteiger partial charge in [-0.3, -0.25) is 4.79 Å². The van der Waals surface area contributed by atoms with Gasteiger partial charge in [0, 0.05) is 19.6 Å². The SMILES string of the molecule is CC(C)c1ccccc1OCCCC(=O)NCCCO. The Bertz CT molecular complexity index is 404. The third-order valence-corrected chi connectivity index (χ3v) is 3.00. The van der Waals surface area contributed by atoms with E-state index in [0.717, 1.165) is 5.75 Å². The Morgan fingerprint density at radius 2 is 2.05 bits per heavy atom. The number of hydrogen-bond acceptors (Lipinski definition) is 3. The first-order chi connectivity index (χ1) is 9.65. The highest BCUT2D eigenvalue weighted by atomic mass is 16.5. The van der Waals surface area contributed by atoms with Gasteiger partial charge in [0.25, 0.3) is 0 Å². The maximum atomic E-state index is 11.5. The van der Waals surface area contributed by atoms with Gasteiger partial charge in [-0.25, -0.2) is 0 Å². The Kier molecular flexibility index (Phi) is 7.73. The summed E-state index contributed by atoms with van der Waals surface area (Å²) in [6.07, 6.45) is 1.75. The Morgan fingerprint density at radius 3 is 2.75 bits per heavy atom. The molecule has 0 aliphatic rings. The summed E-state index contributed by atoms with van der Waals surface area (Å²) in [6, 6.07) is 8.01. The monoisotopic (exact) mass is 279 g/mol. The Labute approximate surface area is 121 Å². The number of aliphatic hydroxyl groups excluding tert-OH is 1. The highest BCUT2D eigenvalue weighted by Gasteiger charge is 2.07. The molecule has 1 rings (SSSR count). The first kappa shape index (κ1) is 16.5. The Morgan fingerprint density at radius 1 is 1.30 bits per heavy atom. The van der Waals surface area contributed by atoms with Gasteiger partial charge in [-0.1, -0.05) is 32.0 Å². The number of rotatable bonds is 9.